The first-order chi connectivity index (χ1) is 10.3. The average molecular weight is 365 g/mol. The van der Waals surface area contributed by atoms with E-state index in [0.717, 1.165) is 18.2 Å². The second kappa shape index (κ2) is 6.73. The summed E-state index contributed by atoms with van der Waals surface area (Å²) in [6.07, 6.45) is -4.45. The molecule has 2 rings (SSSR count). The van der Waals surface area contributed by atoms with E-state index in [-0.39, 0.29) is 15.8 Å². The Balaban J connectivity index is 2.12. The lowest BCUT2D eigenvalue weighted by atomic mass is 10.2. The van der Waals surface area contributed by atoms with Crippen LogP contribution in [0, 0.1) is 0 Å². The third kappa shape index (κ3) is 4.50. The van der Waals surface area contributed by atoms with Crippen molar-refractivity contribution in [2.75, 3.05) is 10.6 Å². The zero-order valence-electron chi connectivity index (χ0n) is 10.8. The third-order valence-electron chi connectivity index (χ3n) is 2.64. The van der Waals surface area contributed by atoms with E-state index in [9.17, 15) is 13.2 Å². The van der Waals surface area contributed by atoms with Gasteiger partial charge in [-0.2, -0.15) is 13.2 Å². The van der Waals surface area contributed by atoms with Crippen molar-refractivity contribution in [2.24, 2.45) is 0 Å². The first kappa shape index (κ1) is 16.9. The van der Waals surface area contributed by atoms with Crippen LogP contribution in [0.15, 0.2) is 42.5 Å². The minimum atomic E-state index is -4.45. The molecule has 0 heterocycles. The number of hydrogen-bond acceptors (Lipinski definition) is 1. The second-order valence-corrected chi connectivity index (χ2v) is 5.53. The van der Waals surface area contributed by atoms with Crippen LogP contribution < -0.4 is 10.6 Å². The number of anilines is 2. The van der Waals surface area contributed by atoms with Gasteiger partial charge in [0.15, 0.2) is 5.11 Å². The number of benzene rings is 2. The van der Waals surface area contributed by atoms with Crippen molar-refractivity contribution in [3.63, 3.8) is 0 Å². The van der Waals surface area contributed by atoms with Crippen LogP contribution in [0.5, 0.6) is 0 Å². The molecule has 0 amide bonds. The molecule has 2 aromatic rings. The highest BCUT2D eigenvalue weighted by molar-refractivity contribution is 7.80. The van der Waals surface area contributed by atoms with E-state index < -0.39 is 11.7 Å². The summed E-state index contributed by atoms with van der Waals surface area (Å²) in [6.45, 7) is 0. The lowest BCUT2D eigenvalue weighted by molar-refractivity contribution is -0.137. The molecule has 0 spiro atoms. The Morgan fingerprint density at radius 1 is 0.955 bits per heavy atom. The van der Waals surface area contributed by atoms with Gasteiger partial charge >= 0.3 is 6.18 Å². The topological polar surface area (TPSA) is 24.1 Å². The maximum absolute atomic E-state index is 12.7. The molecule has 22 heavy (non-hydrogen) atoms. The van der Waals surface area contributed by atoms with Crippen LogP contribution >= 0.6 is 35.4 Å². The van der Waals surface area contributed by atoms with E-state index in [4.69, 9.17) is 35.4 Å². The monoisotopic (exact) mass is 364 g/mol. The van der Waals surface area contributed by atoms with Gasteiger partial charge in [-0.05, 0) is 54.7 Å². The van der Waals surface area contributed by atoms with Crippen LogP contribution in [0.25, 0.3) is 0 Å². The Morgan fingerprint density at radius 3 is 2.18 bits per heavy atom. The summed E-state index contributed by atoms with van der Waals surface area (Å²) in [7, 11) is 0. The number of hydrogen-bond donors (Lipinski definition) is 2. The summed E-state index contributed by atoms with van der Waals surface area (Å²) in [5, 5.41) is 6.27. The predicted octanol–water partition coefficient (Wildman–Crippen LogP) is 5.82. The molecule has 0 unspecified atom stereocenters. The van der Waals surface area contributed by atoms with E-state index in [1.165, 1.54) is 0 Å². The van der Waals surface area contributed by atoms with Gasteiger partial charge in [-0.1, -0.05) is 23.2 Å². The molecular formula is C14H9Cl2F3N2S. The van der Waals surface area contributed by atoms with E-state index >= 15 is 0 Å². The van der Waals surface area contributed by atoms with Gasteiger partial charge < -0.3 is 10.6 Å². The third-order valence-corrected chi connectivity index (χ3v) is 3.43. The smallest absolute Gasteiger partial charge is 0.332 e. The highest BCUT2D eigenvalue weighted by Gasteiger charge is 2.31. The maximum Gasteiger partial charge on any atom is 0.416 e. The summed E-state index contributed by atoms with van der Waals surface area (Å²) in [6, 6.07) is 9.65. The molecule has 0 fully saturated rings. The second-order valence-electron chi connectivity index (χ2n) is 4.28. The molecule has 0 aliphatic carbocycles. The van der Waals surface area contributed by atoms with E-state index in [2.05, 4.69) is 10.6 Å². The molecular weight excluding hydrogens is 356 g/mol. The van der Waals surface area contributed by atoms with E-state index in [0.29, 0.717) is 10.7 Å². The Labute approximate surface area is 140 Å². The van der Waals surface area contributed by atoms with Crippen molar-refractivity contribution >= 4 is 51.9 Å². The molecule has 2 nitrogen and oxygen atoms in total. The van der Waals surface area contributed by atoms with E-state index in [1.54, 1.807) is 24.3 Å². The van der Waals surface area contributed by atoms with Crippen LogP contribution in [0.3, 0.4) is 0 Å². The average Bonchev–Trinajstić information content (AvgIpc) is 2.42. The Hall–Kier alpha value is -1.50. The Bertz CT molecular complexity index is 687. The molecule has 116 valence electrons. The predicted molar refractivity (Wildman–Crippen MR) is 87.7 cm³/mol. The molecule has 0 aliphatic rings. The maximum atomic E-state index is 12.7. The normalized spacial score (nSPS) is 11.1. The zero-order valence-corrected chi connectivity index (χ0v) is 13.2. The molecule has 0 aliphatic heterocycles. The Kier molecular flexibility index (Phi) is 5.16. The fourth-order valence-corrected chi connectivity index (χ4v) is 2.13. The zero-order chi connectivity index (χ0) is 16.3. The fraction of sp³-hybridized carbons (Fsp3) is 0.0714. The lowest BCUT2D eigenvalue weighted by Gasteiger charge is -2.14. The van der Waals surface area contributed by atoms with E-state index in [1.807, 2.05) is 0 Å². The largest absolute Gasteiger partial charge is 0.416 e. The number of halogens is 5. The molecule has 8 heteroatoms. The van der Waals surface area contributed by atoms with Gasteiger partial charge in [0.05, 0.1) is 16.3 Å². The van der Waals surface area contributed by atoms with Crippen molar-refractivity contribution in [3.05, 3.63) is 58.1 Å². The number of alkyl halides is 3. The summed E-state index contributed by atoms with van der Waals surface area (Å²) in [4.78, 5) is 0. The van der Waals surface area contributed by atoms with Crippen LogP contribution in [0.4, 0.5) is 24.5 Å². The van der Waals surface area contributed by atoms with Gasteiger partial charge in [-0.3, -0.25) is 0 Å². The minimum Gasteiger partial charge on any atom is -0.332 e. The SMILES string of the molecule is FC(F)(F)c1ccc(Cl)c(NC(=S)Nc2ccc(Cl)cc2)c1. The molecule has 0 atom stereocenters. The fourth-order valence-electron chi connectivity index (χ4n) is 1.62. The van der Waals surface area contributed by atoms with Crippen LogP contribution in [0.1, 0.15) is 5.56 Å². The minimum absolute atomic E-state index is 0.0722. The van der Waals surface area contributed by atoms with Crippen LogP contribution in [-0.4, -0.2) is 5.11 Å². The quantitative estimate of drug-likeness (QED) is 0.656. The number of nitrogens with one attached hydrogen (secondary N) is 2. The molecule has 0 radical (unpaired) electrons. The summed E-state index contributed by atoms with van der Waals surface area (Å²) < 4.78 is 38.1. The summed E-state index contributed by atoms with van der Waals surface area (Å²) >= 11 is 16.7. The highest BCUT2D eigenvalue weighted by atomic mass is 35.5. The molecule has 0 saturated heterocycles. The van der Waals surface area contributed by atoms with Gasteiger partial charge in [-0.25, -0.2) is 0 Å². The van der Waals surface area contributed by atoms with Crippen molar-refractivity contribution < 1.29 is 13.2 Å². The summed E-state index contributed by atoms with van der Waals surface area (Å²) in [5.41, 5.74) is -0.0957. The van der Waals surface area contributed by atoms with Gasteiger partial charge in [0.25, 0.3) is 0 Å². The van der Waals surface area contributed by atoms with Crippen LogP contribution in [0.2, 0.25) is 10.0 Å². The Morgan fingerprint density at radius 2 is 1.59 bits per heavy atom. The lowest BCUT2D eigenvalue weighted by Crippen LogP contribution is -2.19. The van der Waals surface area contributed by atoms with Crippen molar-refractivity contribution in [2.45, 2.75) is 6.18 Å². The highest BCUT2D eigenvalue weighted by Crippen LogP contribution is 2.33. The van der Waals surface area contributed by atoms with Crippen molar-refractivity contribution in [3.8, 4) is 0 Å². The number of thiocarbonyl (C=S) groups is 1. The molecule has 0 bridgehead atoms. The van der Waals surface area contributed by atoms with Crippen molar-refractivity contribution in [1.82, 2.24) is 0 Å². The molecule has 2 N–H and O–H groups in total. The van der Waals surface area contributed by atoms with Gasteiger partial charge in [-0.15, -0.1) is 0 Å². The standard InChI is InChI=1S/C14H9Cl2F3N2S/c15-9-2-4-10(5-3-9)20-13(22)21-12-7-8(14(17,18)19)1-6-11(12)16/h1-7H,(H2,20,21,22). The van der Waals surface area contributed by atoms with Crippen molar-refractivity contribution in [1.29, 1.82) is 0 Å². The first-order valence-corrected chi connectivity index (χ1v) is 7.12. The van der Waals surface area contributed by atoms with Gasteiger partial charge in [0.2, 0.25) is 0 Å². The molecule has 0 aromatic heterocycles. The first-order valence-electron chi connectivity index (χ1n) is 5.96. The molecule has 2 aromatic carbocycles. The van der Waals surface area contributed by atoms with Gasteiger partial charge in [0.1, 0.15) is 0 Å². The number of rotatable bonds is 2. The van der Waals surface area contributed by atoms with Crippen LogP contribution in [-0.2, 0) is 6.18 Å². The molecule has 0 saturated carbocycles. The van der Waals surface area contributed by atoms with Gasteiger partial charge in [0, 0.05) is 10.7 Å². The summed E-state index contributed by atoms with van der Waals surface area (Å²) in [5.74, 6) is 0.